The lowest BCUT2D eigenvalue weighted by Crippen LogP contribution is -2.36. The highest BCUT2D eigenvalue weighted by Gasteiger charge is 2.19. The topological polar surface area (TPSA) is 49.6 Å². The number of carbonyl (C=O) groups is 1. The summed E-state index contributed by atoms with van der Waals surface area (Å²) in [6.07, 6.45) is 1.45. The molecule has 2 aromatic rings. The second-order valence-corrected chi connectivity index (χ2v) is 5.98. The molecule has 1 aliphatic heterocycles. The van der Waals surface area contributed by atoms with Crippen LogP contribution in [-0.4, -0.2) is 37.0 Å². The summed E-state index contributed by atoms with van der Waals surface area (Å²) in [7, 11) is 0. The molecule has 2 N–H and O–H groups in total. The molecule has 0 radical (unpaired) electrons. The van der Waals surface area contributed by atoms with Crippen LogP contribution in [0.5, 0.6) is 0 Å². The molecule has 1 amide bonds. The third-order valence-electron chi connectivity index (χ3n) is 4.31. The zero-order valence-corrected chi connectivity index (χ0v) is 15.8. The highest BCUT2D eigenvalue weighted by Crippen LogP contribution is 2.16. The van der Waals surface area contributed by atoms with Crippen molar-refractivity contribution in [1.29, 1.82) is 0 Å². The van der Waals surface area contributed by atoms with Crippen molar-refractivity contribution in [3.8, 4) is 0 Å². The normalized spacial score (nSPS) is 14.1. The standard InChI is InChI=1S/C19H23N3O.2ClH/c20-17-9-7-16(8-10-17)15-19(23)22-12-4-11-21(13-14-22)18-5-2-1-3-6-18;;/h1-3,5-10H,4,11-15,20H2;2*1H. The molecule has 25 heavy (non-hydrogen) atoms. The minimum absolute atomic E-state index is 0. The average molecular weight is 382 g/mol. The van der Waals surface area contributed by atoms with Crippen LogP contribution in [0, 0.1) is 0 Å². The lowest BCUT2D eigenvalue weighted by molar-refractivity contribution is -0.130. The first-order chi connectivity index (χ1) is 11.2. The number of hydrogen-bond acceptors (Lipinski definition) is 3. The van der Waals surface area contributed by atoms with Crippen LogP contribution in [0.1, 0.15) is 12.0 Å². The molecule has 0 atom stereocenters. The van der Waals surface area contributed by atoms with Gasteiger partial charge in [-0.3, -0.25) is 4.79 Å². The second-order valence-electron chi connectivity index (χ2n) is 5.98. The van der Waals surface area contributed by atoms with Crippen molar-refractivity contribution < 1.29 is 4.79 Å². The Balaban J connectivity index is 0.00000156. The number of nitrogens with two attached hydrogens (primary N) is 1. The van der Waals surface area contributed by atoms with E-state index in [1.54, 1.807) is 0 Å². The Kier molecular flexibility index (Phi) is 8.59. The zero-order valence-electron chi connectivity index (χ0n) is 14.1. The van der Waals surface area contributed by atoms with Gasteiger partial charge < -0.3 is 15.5 Å². The molecule has 0 spiro atoms. The molecular formula is C19H25Cl2N3O. The van der Waals surface area contributed by atoms with Crippen molar-refractivity contribution >= 4 is 42.1 Å². The van der Waals surface area contributed by atoms with Crippen molar-refractivity contribution in [3.05, 3.63) is 60.2 Å². The number of hydrogen-bond donors (Lipinski definition) is 1. The van der Waals surface area contributed by atoms with Crippen molar-refractivity contribution in [2.75, 3.05) is 36.8 Å². The van der Waals surface area contributed by atoms with Crippen LogP contribution in [-0.2, 0) is 11.2 Å². The molecule has 6 heteroatoms. The van der Waals surface area contributed by atoms with E-state index in [0.717, 1.165) is 43.9 Å². The van der Waals surface area contributed by atoms with Crippen LogP contribution in [0.3, 0.4) is 0 Å². The van der Waals surface area contributed by atoms with Gasteiger partial charge in [-0.1, -0.05) is 30.3 Å². The molecule has 0 unspecified atom stereocenters. The number of para-hydroxylation sites is 1. The molecule has 1 fully saturated rings. The molecule has 1 heterocycles. The first-order valence-electron chi connectivity index (χ1n) is 8.14. The molecular weight excluding hydrogens is 357 g/mol. The van der Waals surface area contributed by atoms with Crippen LogP contribution < -0.4 is 10.6 Å². The zero-order chi connectivity index (χ0) is 16.1. The first kappa shape index (κ1) is 21.1. The summed E-state index contributed by atoms with van der Waals surface area (Å²) in [4.78, 5) is 16.9. The Labute approximate surface area is 161 Å². The van der Waals surface area contributed by atoms with Gasteiger partial charge in [-0.05, 0) is 36.2 Å². The van der Waals surface area contributed by atoms with Crippen molar-refractivity contribution in [3.63, 3.8) is 0 Å². The lowest BCUT2D eigenvalue weighted by atomic mass is 10.1. The van der Waals surface area contributed by atoms with Gasteiger partial charge in [0.25, 0.3) is 0 Å². The van der Waals surface area contributed by atoms with Crippen LogP contribution in [0.25, 0.3) is 0 Å². The van der Waals surface area contributed by atoms with E-state index in [-0.39, 0.29) is 30.7 Å². The third-order valence-corrected chi connectivity index (χ3v) is 4.31. The van der Waals surface area contributed by atoms with E-state index in [0.29, 0.717) is 6.42 Å². The minimum atomic E-state index is 0. The number of rotatable bonds is 3. The molecule has 2 aromatic carbocycles. The van der Waals surface area contributed by atoms with Gasteiger partial charge in [0.1, 0.15) is 0 Å². The van der Waals surface area contributed by atoms with Crippen molar-refractivity contribution in [2.45, 2.75) is 12.8 Å². The summed E-state index contributed by atoms with van der Waals surface area (Å²) in [5.41, 5.74) is 8.68. The van der Waals surface area contributed by atoms with E-state index in [4.69, 9.17) is 5.73 Å². The van der Waals surface area contributed by atoms with Gasteiger partial charge in [-0.25, -0.2) is 0 Å². The van der Waals surface area contributed by atoms with Gasteiger partial charge in [0, 0.05) is 37.6 Å². The van der Waals surface area contributed by atoms with Gasteiger partial charge >= 0.3 is 0 Å². The molecule has 0 aliphatic carbocycles. The molecule has 1 aliphatic rings. The summed E-state index contributed by atoms with van der Waals surface area (Å²) in [6, 6.07) is 18.0. The van der Waals surface area contributed by atoms with E-state index >= 15 is 0 Å². The Morgan fingerprint density at radius 2 is 1.56 bits per heavy atom. The fraction of sp³-hybridized carbons (Fsp3) is 0.316. The predicted molar refractivity (Wildman–Crippen MR) is 109 cm³/mol. The van der Waals surface area contributed by atoms with Crippen LogP contribution in [0.15, 0.2) is 54.6 Å². The monoisotopic (exact) mass is 381 g/mol. The third kappa shape index (κ3) is 5.83. The Bertz CT molecular complexity index is 649. The van der Waals surface area contributed by atoms with Gasteiger partial charge in [0.05, 0.1) is 6.42 Å². The predicted octanol–water partition coefficient (Wildman–Crippen LogP) is 3.39. The van der Waals surface area contributed by atoms with Gasteiger partial charge in [-0.2, -0.15) is 0 Å². The van der Waals surface area contributed by atoms with Gasteiger partial charge in [-0.15, -0.1) is 24.8 Å². The minimum Gasteiger partial charge on any atom is -0.399 e. The summed E-state index contributed by atoms with van der Waals surface area (Å²) in [5, 5.41) is 0. The van der Waals surface area contributed by atoms with Gasteiger partial charge in [0.15, 0.2) is 0 Å². The Hall–Kier alpha value is -1.91. The molecule has 0 saturated carbocycles. The maximum Gasteiger partial charge on any atom is 0.227 e. The molecule has 3 rings (SSSR count). The summed E-state index contributed by atoms with van der Waals surface area (Å²) in [6.45, 7) is 3.49. The van der Waals surface area contributed by atoms with Gasteiger partial charge in [0.2, 0.25) is 5.91 Å². The highest BCUT2D eigenvalue weighted by atomic mass is 35.5. The molecule has 0 aromatic heterocycles. The average Bonchev–Trinajstić information content (AvgIpc) is 2.84. The molecule has 0 bridgehead atoms. The maximum atomic E-state index is 12.5. The molecule has 1 saturated heterocycles. The highest BCUT2D eigenvalue weighted by molar-refractivity contribution is 5.85. The van der Waals surface area contributed by atoms with Crippen LogP contribution >= 0.6 is 24.8 Å². The number of anilines is 2. The largest absolute Gasteiger partial charge is 0.399 e. The number of halogens is 2. The lowest BCUT2D eigenvalue weighted by Gasteiger charge is -2.23. The van der Waals surface area contributed by atoms with Crippen molar-refractivity contribution in [2.24, 2.45) is 0 Å². The summed E-state index contributed by atoms with van der Waals surface area (Å²) >= 11 is 0. The van der Waals surface area contributed by atoms with E-state index < -0.39 is 0 Å². The van der Waals surface area contributed by atoms with E-state index in [9.17, 15) is 4.79 Å². The summed E-state index contributed by atoms with van der Waals surface area (Å²) < 4.78 is 0. The molecule has 4 nitrogen and oxygen atoms in total. The number of amides is 1. The number of carbonyl (C=O) groups excluding carboxylic acids is 1. The fourth-order valence-electron chi connectivity index (χ4n) is 2.99. The maximum absolute atomic E-state index is 12.5. The van der Waals surface area contributed by atoms with E-state index in [1.165, 1.54) is 5.69 Å². The van der Waals surface area contributed by atoms with Crippen molar-refractivity contribution in [1.82, 2.24) is 4.90 Å². The SMILES string of the molecule is Cl.Cl.Nc1ccc(CC(=O)N2CCCN(c3ccccc3)CC2)cc1. The van der Waals surface area contributed by atoms with Crippen LogP contribution in [0.2, 0.25) is 0 Å². The fourth-order valence-corrected chi connectivity index (χ4v) is 2.99. The van der Waals surface area contributed by atoms with E-state index in [2.05, 4.69) is 29.2 Å². The number of nitrogens with zero attached hydrogens (tertiary/aromatic N) is 2. The Morgan fingerprint density at radius 1 is 0.880 bits per heavy atom. The molecule has 136 valence electrons. The summed E-state index contributed by atoms with van der Waals surface area (Å²) in [5.74, 6) is 0.199. The quantitative estimate of drug-likeness (QED) is 0.828. The first-order valence-corrected chi connectivity index (χ1v) is 8.14. The smallest absolute Gasteiger partial charge is 0.227 e. The number of benzene rings is 2. The second kappa shape index (κ2) is 10.2. The number of nitrogen functional groups attached to an aromatic ring is 1. The Morgan fingerprint density at radius 3 is 2.24 bits per heavy atom. The van der Waals surface area contributed by atoms with Crippen LogP contribution in [0.4, 0.5) is 11.4 Å². The van der Waals surface area contributed by atoms with E-state index in [1.807, 2.05) is 35.2 Å².